The zero-order chi connectivity index (χ0) is 18.8. The van der Waals surface area contributed by atoms with Crippen LogP contribution in [-0.2, 0) is 16.5 Å². The first-order valence-electron chi connectivity index (χ1n) is 7.43. The van der Waals surface area contributed by atoms with Crippen molar-refractivity contribution in [3.05, 3.63) is 29.8 Å². The Balaban J connectivity index is 2.14. The summed E-state index contributed by atoms with van der Waals surface area (Å²) in [6.45, 7) is 7.28. The molecule has 2 aromatic rings. The van der Waals surface area contributed by atoms with E-state index in [1.807, 2.05) is 20.8 Å². The largest absolute Gasteiger partial charge is 0.418 e. The van der Waals surface area contributed by atoms with Gasteiger partial charge in [0, 0.05) is 0 Å². The fourth-order valence-electron chi connectivity index (χ4n) is 1.96. The van der Waals surface area contributed by atoms with Gasteiger partial charge in [0.1, 0.15) is 0 Å². The number of amides is 1. The van der Waals surface area contributed by atoms with Crippen LogP contribution in [0.25, 0.3) is 0 Å². The van der Waals surface area contributed by atoms with Gasteiger partial charge in [0.15, 0.2) is 0 Å². The second-order valence-electron chi connectivity index (χ2n) is 6.34. The molecule has 0 aliphatic heterocycles. The quantitative estimate of drug-likeness (QED) is 0.830. The highest BCUT2D eigenvalue weighted by Gasteiger charge is 2.34. The predicted octanol–water partition coefficient (Wildman–Crippen LogP) is 3.57. The van der Waals surface area contributed by atoms with E-state index in [0.29, 0.717) is 5.16 Å². The zero-order valence-electron chi connectivity index (χ0n) is 14.1. The summed E-state index contributed by atoms with van der Waals surface area (Å²) in [5.41, 5.74) is -1.55. The average Bonchev–Trinajstić information content (AvgIpc) is 2.95. The first-order valence-corrected chi connectivity index (χ1v) is 8.30. The van der Waals surface area contributed by atoms with Crippen molar-refractivity contribution in [3.63, 3.8) is 0 Å². The van der Waals surface area contributed by atoms with E-state index in [1.165, 1.54) is 18.2 Å². The minimum absolute atomic E-state index is 0.275. The Kier molecular flexibility index (Phi) is 5.40. The number of halogens is 3. The Morgan fingerprint density at radius 3 is 2.48 bits per heavy atom. The van der Waals surface area contributed by atoms with E-state index in [0.717, 1.165) is 17.8 Å². The molecule has 10 heteroatoms. The standard InChI is InChI=1S/C15H18F3N5OS/c1-9(25-13-20-21-22-23(13)14(2,3)4)12(24)19-11-8-6-5-7-10(11)15(16,17)18/h5-9H,1-4H3,(H,19,24). The van der Waals surface area contributed by atoms with E-state index in [1.54, 1.807) is 11.6 Å². The fraction of sp³-hybridized carbons (Fsp3) is 0.467. The van der Waals surface area contributed by atoms with Crippen LogP contribution in [0.3, 0.4) is 0 Å². The molecular weight excluding hydrogens is 355 g/mol. The fourth-order valence-corrected chi connectivity index (χ4v) is 2.93. The number of carbonyl (C=O) groups is 1. The van der Waals surface area contributed by atoms with E-state index in [4.69, 9.17) is 0 Å². The third-order valence-electron chi connectivity index (χ3n) is 3.22. The van der Waals surface area contributed by atoms with Crippen molar-refractivity contribution < 1.29 is 18.0 Å². The van der Waals surface area contributed by atoms with Crippen LogP contribution in [0.4, 0.5) is 18.9 Å². The Bertz CT molecular complexity index is 754. The number of nitrogens with one attached hydrogen (secondary N) is 1. The van der Waals surface area contributed by atoms with Crippen LogP contribution >= 0.6 is 11.8 Å². The summed E-state index contributed by atoms with van der Waals surface area (Å²) < 4.78 is 40.6. The normalized spacial score (nSPS) is 13.6. The summed E-state index contributed by atoms with van der Waals surface area (Å²) in [5, 5.41) is 13.4. The van der Waals surface area contributed by atoms with Crippen molar-refractivity contribution in [2.24, 2.45) is 0 Å². The van der Waals surface area contributed by atoms with Crippen LogP contribution in [0, 0.1) is 0 Å². The number of thioether (sulfide) groups is 1. The van der Waals surface area contributed by atoms with Gasteiger partial charge in [-0.05, 0) is 50.3 Å². The van der Waals surface area contributed by atoms with Crippen LogP contribution in [-0.4, -0.2) is 31.4 Å². The molecule has 0 fully saturated rings. The van der Waals surface area contributed by atoms with Crippen molar-refractivity contribution >= 4 is 23.4 Å². The molecule has 1 N–H and O–H groups in total. The molecular formula is C15H18F3N5OS. The maximum absolute atomic E-state index is 13.0. The molecule has 0 saturated carbocycles. The first-order chi connectivity index (χ1) is 11.5. The van der Waals surface area contributed by atoms with Crippen molar-refractivity contribution in [3.8, 4) is 0 Å². The number of hydrogen-bond donors (Lipinski definition) is 1. The molecule has 0 saturated heterocycles. The van der Waals surface area contributed by atoms with E-state index >= 15 is 0 Å². The highest BCUT2D eigenvalue weighted by molar-refractivity contribution is 8.00. The van der Waals surface area contributed by atoms with E-state index in [2.05, 4.69) is 20.8 Å². The predicted molar refractivity (Wildman–Crippen MR) is 88.2 cm³/mol. The molecule has 1 unspecified atom stereocenters. The van der Waals surface area contributed by atoms with E-state index in [9.17, 15) is 18.0 Å². The van der Waals surface area contributed by atoms with Gasteiger partial charge in [-0.2, -0.15) is 13.2 Å². The van der Waals surface area contributed by atoms with Gasteiger partial charge < -0.3 is 5.32 Å². The van der Waals surface area contributed by atoms with Gasteiger partial charge in [-0.15, -0.1) is 5.10 Å². The lowest BCUT2D eigenvalue weighted by Crippen LogP contribution is -2.27. The number of alkyl halides is 3. The molecule has 0 aliphatic rings. The smallest absolute Gasteiger partial charge is 0.325 e. The molecule has 1 atom stereocenters. The molecule has 1 amide bonds. The van der Waals surface area contributed by atoms with Crippen molar-refractivity contribution in [2.75, 3.05) is 5.32 Å². The molecule has 0 aliphatic carbocycles. The lowest BCUT2D eigenvalue weighted by Gasteiger charge is -2.20. The average molecular weight is 373 g/mol. The maximum Gasteiger partial charge on any atom is 0.418 e. The third kappa shape index (κ3) is 4.71. The summed E-state index contributed by atoms with van der Waals surface area (Å²) in [7, 11) is 0. The van der Waals surface area contributed by atoms with Gasteiger partial charge in [-0.25, -0.2) is 4.68 Å². The molecule has 6 nitrogen and oxygen atoms in total. The summed E-state index contributed by atoms with van der Waals surface area (Å²) in [5.74, 6) is -0.565. The minimum Gasteiger partial charge on any atom is -0.325 e. The van der Waals surface area contributed by atoms with Crippen LogP contribution in [0.2, 0.25) is 0 Å². The van der Waals surface area contributed by atoms with Crippen LogP contribution in [0.5, 0.6) is 0 Å². The molecule has 0 bridgehead atoms. The molecule has 0 spiro atoms. The minimum atomic E-state index is -4.55. The van der Waals surface area contributed by atoms with Crippen LogP contribution < -0.4 is 5.32 Å². The number of aromatic nitrogens is 4. The number of nitrogens with zero attached hydrogens (tertiary/aromatic N) is 4. The summed E-state index contributed by atoms with van der Waals surface area (Å²) in [4.78, 5) is 12.3. The first kappa shape index (κ1) is 19.2. The Morgan fingerprint density at radius 2 is 1.88 bits per heavy atom. The number of rotatable bonds is 4. The molecule has 1 aromatic carbocycles. The van der Waals surface area contributed by atoms with Gasteiger partial charge in [-0.1, -0.05) is 23.9 Å². The molecule has 25 heavy (non-hydrogen) atoms. The molecule has 136 valence electrons. The second-order valence-corrected chi connectivity index (χ2v) is 7.64. The summed E-state index contributed by atoms with van der Waals surface area (Å²) in [6.07, 6.45) is -4.55. The lowest BCUT2D eigenvalue weighted by molar-refractivity contribution is -0.137. The molecule has 2 rings (SSSR count). The Morgan fingerprint density at radius 1 is 1.24 bits per heavy atom. The van der Waals surface area contributed by atoms with Crippen molar-refractivity contribution in [1.29, 1.82) is 0 Å². The van der Waals surface area contributed by atoms with Gasteiger partial charge in [0.25, 0.3) is 0 Å². The highest BCUT2D eigenvalue weighted by Crippen LogP contribution is 2.35. The topological polar surface area (TPSA) is 72.7 Å². The third-order valence-corrected chi connectivity index (χ3v) is 4.25. The number of benzene rings is 1. The summed E-state index contributed by atoms with van der Waals surface area (Å²) in [6, 6.07) is 4.85. The van der Waals surface area contributed by atoms with Gasteiger partial charge in [-0.3, -0.25) is 4.79 Å². The van der Waals surface area contributed by atoms with Crippen LogP contribution in [0.15, 0.2) is 29.4 Å². The van der Waals surface area contributed by atoms with E-state index in [-0.39, 0.29) is 11.2 Å². The molecule has 1 heterocycles. The second kappa shape index (κ2) is 7.03. The number of anilines is 1. The van der Waals surface area contributed by atoms with Crippen molar-refractivity contribution in [2.45, 2.75) is 49.8 Å². The van der Waals surface area contributed by atoms with Gasteiger partial charge in [0.05, 0.1) is 22.0 Å². The van der Waals surface area contributed by atoms with E-state index < -0.39 is 22.9 Å². The SMILES string of the molecule is CC(Sc1nnnn1C(C)(C)C)C(=O)Nc1ccccc1C(F)(F)F. The number of tetrazole rings is 1. The van der Waals surface area contributed by atoms with Gasteiger partial charge in [0.2, 0.25) is 11.1 Å². The molecule has 0 radical (unpaired) electrons. The number of carbonyl (C=O) groups excluding carboxylic acids is 1. The Hall–Kier alpha value is -2.10. The van der Waals surface area contributed by atoms with Gasteiger partial charge >= 0.3 is 6.18 Å². The summed E-state index contributed by atoms with van der Waals surface area (Å²) >= 11 is 1.08. The number of para-hydroxylation sites is 1. The number of hydrogen-bond acceptors (Lipinski definition) is 5. The van der Waals surface area contributed by atoms with Crippen molar-refractivity contribution in [1.82, 2.24) is 20.2 Å². The maximum atomic E-state index is 13.0. The Labute approximate surface area is 147 Å². The molecule has 1 aromatic heterocycles. The van der Waals surface area contributed by atoms with Crippen LogP contribution in [0.1, 0.15) is 33.3 Å². The monoisotopic (exact) mass is 373 g/mol. The highest BCUT2D eigenvalue weighted by atomic mass is 32.2. The lowest BCUT2D eigenvalue weighted by atomic mass is 10.1. The zero-order valence-corrected chi connectivity index (χ0v) is 14.9.